The number of nitrogens with two attached hydrogens (primary N) is 1. The van der Waals surface area contributed by atoms with E-state index in [-0.39, 0.29) is 33.7 Å². The monoisotopic (exact) mass is 253 g/mol. The number of primary amides is 1. The van der Waals surface area contributed by atoms with E-state index in [1.54, 1.807) is 0 Å². The second-order valence-electron chi connectivity index (χ2n) is 0.136. The first-order valence-electron chi connectivity index (χ1n) is 0.569. The Kier molecular flexibility index (Phi) is 22.1. The van der Waals surface area contributed by atoms with Crippen LogP contribution in [0.3, 0.4) is 0 Å². The first-order chi connectivity index (χ1) is 1.41. The minimum atomic E-state index is 0. The molecule has 0 aromatic carbocycles. The van der Waals surface area contributed by atoms with Gasteiger partial charge in [0.25, 0.3) is 0 Å². The quantitative estimate of drug-likeness (QED) is 0.423. The summed E-state index contributed by atoms with van der Waals surface area (Å²) in [4.78, 5) is 8.58. The van der Waals surface area contributed by atoms with Crippen LogP contribution >= 0.6 is 0 Å². The molecule has 1 amide bonds. The van der Waals surface area contributed by atoms with Gasteiger partial charge in [-0.2, -0.15) is 0 Å². The number of rotatable bonds is 0. The smallest absolute Gasteiger partial charge is 0.204 e. The second-order valence-corrected chi connectivity index (χ2v) is 0.136. The minimum absolute atomic E-state index is 0. The summed E-state index contributed by atoms with van der Waals surface area (Å²) in [5.41, 5.74) is 4.17. The molecule has 0 aliphatic carbocycles. The van der Waals surface area contributed by atoms with Crippen molar-refractivity contribution in [1.29, 1.82) is 0 Å². The van der Waals surface area contributed by atoms with Gasteiger partial charge in [-0.15, -0.1) is 0 Å². The Balaban J connectivity index is 0. The van der Waals surface area contributed by atoms with Gasteiger partial charge < -0.3 is 5.73 Å². The summed E-state index contributed by atoms with van der Waals surface area (Å²) in [7, 11) is 0. The van der Waals surface area contributed by atoms with Gasteiger partial charge >= 0.3 is 0 Å². The Morgan fingerprint density at radius 1 is 1.75 bits per heavy atom. The molecule has 0 saturated heterocycles. The Hall–Kier alpha value is 0.392. The molecule has 0 unspecified atom stereocenters. The molecule has 0 rings (SSSR count). The Labute approximate surface area is 44.5 Å². The summed E-state index contributed by atoms with van der Waals surface area (Å²) in [5.74, 6) is 0. The van der Waals surface area contributed by atoms with Gasteiger partial charge in [0.05, 0.1) is 0 Å². The maximum Gasteiger partial charge on any atom is 0.204 e. The zero-order valence-corrected chi connectivity index (χ0v) is 5.95. The molecule has 22 valence electrons. The van der Waals surface area contributed by atoms with Crippen LogP contribution in [-0.2, 0) is 4.79 Å². The minimum Gasteiger partial charge on any atom is -0.372 e. The molecular weight excluding hydrogens is 249 g/mol. The summed E-state index contributed by atoms with van der Waals surface area (Å²) in [6.07, 6.45) is 0.250. The molecule has 0 aromatic rings. The van der Waals surface area contributed by atoms with Crippen LogP contribution in [0.25, 0.3) is 0 Å². The van der Waals surface area contributed by atoms with Gasteiger partial charge in [-0.25, -0.2) is 0 Å². The van der Waals surface area contributed by atoms with E-state index in [0.29, 0.717) is 0 Å². The van der Waals surface area contributed by atoms with Crippen molar-refractivity contribution in [3.8, 4) is 0 Å². The zero-order valence-electron chi connectivity index (χ0n) is 2.06. The summed E-state index contributed by atoms with van der Waals surface area (Å²) >= 11 is 0. The molecule has 0 spiro atoms. The maximum atomic E-state index is 8.58. The molecule has 0 heterocycles. The largest absolute Gasteiger partial charge is 0.372 e. The number of amides is 1. The average molecular weight is 252 g/mol. The van der Waals surface area contributed by atoms with E-state index >= 15 is 0 Å². The van der Waals surface area contributed by atoms with E-state index in [9.17, 15) is 0 Å². The predicted octanol–water partition coefficient (Wildman–Crippen LogP) is -1.28. The topological polar surface area (TPSA) is 43.1 Å². The van der Waals surface area contributed by atoms with Crippen molar-refractivity contribution in [3.05, 3.63) is 0 Å². The molecule has 0 bridgehead atoms. The fourth-order valence-electron chi connectivity index (χ4n) is 0. The Morgan fingerprint density at radius 3 is 1.75 bits per heavy atom. The van der Waals surface area contributed by atoms with Crippen LogP contribution in [-0.4, -0.2) is 33.7 Å². The van der Waals surface area contributed by atoms with Gasteiger partial charge in [-0.05, 0) is 0 Å². The van der Waals surface area contributed by atoms with Gasteiger partial charge in [0.15, 0.2) is 0 Å². The molecule has 4 radical (unpaired) electrons. The van der Waals surface area contributed by atoms with Crippen molar-refractivity contribution in [2.24, 2.45) is 5.73 Å². The summed E-state index contributed by atoms with van der Waals surface area (Å²) in [6, 6.07) is 0. The molecule has 3 heteroatoms. The van der Waals surface area contributed by atoms with Gasteiger partial charge in [0, 0.05) is 27.3 Å². The SMILES string of the molecule is NC=O.[Pb]. The van der Waals surface area contributed by atoms with E-state index in [1.807, 2.05) is 0 Å². The summed E-state index contributed by atoms with van der Waals surface area (Å²) < 4.78 is 0. The third-order valence-corrected chi connectivity index (χ3v) is 0. The molecule has 0 aliphatic rings. The van der Waals surface area contributed by atoms with Crippen LogP contribution in [0.5, 0.6) is 0 Å². The standard InChI is InChI=1S/CH3NO.Pb/c2-1-3;/h1H,(H2,2,3);. The Morgan fingerprint density at radius 2 is 1.75 bits per heavy atom. The molecule has 0 aliphatic heterocycles. The van der Waals surface area contributed by atoms with Crippen molar-refractivity contribution in [2.75, 3.05) is 0 Å². The van der Waals surface area contributed by atoms with E-state index in [0.717, 1.165) is 0 Å². The van der Waals surface area contributed by atoms with E-state index in [4.69, 9.17) is 4.79 Å². The number of carbonyl (C=O) groups excluding carboxylic acids is 1. The third-order valence-electron chi connectivity index (χ3n) is 0. The van der Waals surface area contributed by atoms with Crippen LogP contribution in [0.2, 0.25) is 0 Å². The van der Waals surface area contributed by atoms with Crippen LogP contribution in [0.15, 0.2) is 0 Å². The number of hydrogen-bond acceptors (Lipinski definition) is 1. The van der Waals surface area contributed by atoms with Crippen LogP contribution in [0.4, 0.5) is 0 Å². The van der Waals surface area contributed by atoms with Crippen molar-refractivity contribution in [1.82, 2.24) is 0 Å². The van der Waals surface area contributed by atoms with E-state index < -0.39 is 0 Å². The van der Waals surface area contributed by atoms with Crippen molar-refractivity contribution >= 4 is 33.7 Å². The van der Waals surface area contributed by atoms with Gasteiger partial charge in [0.1, 0.15) is 0 Å². The average Bonchev–Trinajstić information content (AvgIpc) is 0.918. The first kappa shape index (κ1) is 8.83. The second kappa shape index (κ2) is 10.0. The van der Waals surface area contributed by atoms with Crippen molar-refractivity contribution in [3.63, 3.8) is 0 Å². The number of hydrogen-bond donors (Lipinski definition) is 1. The zero-order chi connectivity index (χ0) is 2.71. The van der Waals surface area contributed by atoms with Gasteiger partial charge in [-0.3, -0.25) is 4.79 Å². The molecule has 2 nitrogen and oxygen atoms in total. The maximum absolute atomic E-state index is 8.58. The van der Waals surface area contributed by atoms with E-state index in [1.165, 1.54) is 0 Å². The fourth-order valence-corrected chi connectivity index (χ4v) is 0. The molecule has 4 heavy (non-hydrogen) atoms. The van der Waals surface area contributed by atoms with E-state index in [2.05, 4.69) is 5.73 Å². The normalized spacial score (nSPS) is 3.00. The fraction of sp³-hybridized carbons (Fsp3) is 0. The van der Waals surface area contributed by atoms with Crippen LogP contribution in [0, 0.1) is 0 Å². The van der Waals surface area contributed by atoms with Crippen LogP contribution < -0.4 is 5.73 Å². The van der Waals surface area contributed by atoms with Crippen molar-refractivity contribution < 1.29 is 4.79 Å². The third kappa shape index (κ3) is 30.2. The Bertz CT molecular complexity index is 15.5. The van der Waals surface area contributed by atoms with Gasteiger partial charge in [0.2, 0.25) is 6.41 Å². The molecular formula is CH3NOPb. The van der Waals surface area contributed by atoms with Crippen molar-refractivity contribution in [2.45, 2.75) is 0 Å². The molecule has 2 N–H and O–H groups in total. The molecule has 0 saturated carbocycles. The molecule has 0 atom stereocenters. The summed E-state index contributed by atoms with van der Waals surface area (Å²) in [5, 5.41) is 0. The summed E-state index contributed by atoms with van der Waals surface area (Å²) in [6.45, 7) is 0. The molecule has 0 aromatic heterocycles. The predicted molar refractivity (Wildman–Crippen MR) is 16.0 cm³/mol. The van der Waals surface area contributed by atoms with Gasteiger partial charge in [-0.1, -0.05) is 0 Å². The first-order valence-corrected chi connectivity index (χ1v) is 0.569. The van der Waals surface area contributed by atoms with Crippen LogP contribution in [0.1, 0.15) is 0 Å². The molecule has 0 fully saturated rings. The number of carbonyl (C=O) groups is 1.